The van der Waals surface area contributed by atoms with Gasteiger partial charge in [-0.3, -0.25) is 14.2 Å². The molecule has 136 valence electrons. The SMILES string of the molecule is CN(Cc1cnn(C)c1)C(=O)Cn1nc(C(F)(F)F)c(Br)c1C1CC1. The first-order chi connectivity index (χ1) is 11.7. The fraction of sp³-hybridized carbons (Fsp3) is 0.533. The van der Waals surface area contributed by atoms with E-state index >= 15 is 0 Å². The summed E-state index contributed by atoms with van der Waals surface area (Å²) in [7, 11) is 3.38. The molecular formula is C15H17BrF3N5O. The van der Waals surface area contributed by atoms with Crippen LogP contribution >= 0.6 is 15.9 Å². The molecule has 10 heteroatoms. The van der Waals surface area contributed by atoms with Crippen molar-refractivity contribution in [3.05, 3.63) is 33.8 Å². The quantitative estimate of drug-likeness (QED) is 0.748. The highest BCUT2D eigenvalue weighted by molar-refractivity contribution is 9.10. The second-order valence-electron chi connectivity index (χ2n) is 6.25. The molecule has 0 saturated heterocycles. The van der Waals surface area contributed by atoms with Crippen molar-refractivity contribution < 1.29 is 18.0 Å². The van der Waals surface area contributed by atoms with Crippen LogP contribution in [0.1, 0.15) is 35.7 Å². The van der Waals surface area contributed by atoms with Crippen LogP contribution in [-0.4, -0.2) is 37.4 Å². The summed E-state index contributed by atoms with van der Waals surface area (Å²) in [5, 5.41) is 7.69. The Balaban J connectivity index is 1.78. The summed E-state index contributed by atoms with van der Waals surface area (Å²) in [6, 6.07) is 0. The van der Waals surface area contributed by atoms with Gasteiger partial charge in [-0.15, -0.1) is 0 Å². The molecule has 1 fully saturated rings. The van der Waals surface area contributed by atoms with E-state index in [9.17, 15) is 18.0 Å². The molecule has 25 heavy (non-hydrogen) atoms. The van der Waals surface area contributed by atoms with Crippen LogP contribution in [0.5, 0.6) is 0 Å². The smallest absolute Gasteiger partial charge is 0.340 e. The number of hydrogen-bond donors (Lipinski definition) is 0. The van der Waals surface area contributed by atoms with E-state index in [0.717, 1.165) is 18.4 Å². The van der Waals surface area contributed by atoms with Crippen molar-refractivity contribution in [2.75, 3.05) is 7.05 Å². The van der Waals surface area contributed by atoms with Crippen LogP contribution < -0.4 is 0 Å². The first-order valence-corrected chi connectivity index (χ1v) is 8.51. The number of aromatic nitrogens is 4. The Morgan fingerprint density at radius 2 is 2.12 bits per heavy atom. The topological polar surface area (TPSA) is 56.0 Å². The number of carbonyl (C=O) groups excluding carboxylic acids is 1. The number of nitrogens with zero attached hydrogens (tertiary/aromatic N) is 5. The van der Waals surface area contributed by atoms with Gasteiger partial charge in [0.15, 0.2) is 5.69 Å². The van der Waals surface area contributed by atoms with Gasteiger partial charge in [0.25, 0.3) is 0 Å². The average molecular weight is 420 g/mol. The van der Waals surface area contributed by atoms with Crippen molar-refractivity contribution in [2.24, 2.45) is 7.05 Å². The summed E-state index contributed by atoms with van der Waals surface area (Å²) >= 11 is 3.02. The van der Waals surface area contributed by atoms with Gasteiger partial charge in [-0.25, -0.2) is 0 Å². The van der Waals surface area contributed by atoms with Crippen LogP contribution in [-0.2, 0) is 31.1 Å². The monoisotopic (exact) mass is 419 g/mol. The Hall–Kier alpha value is -1.84. The fourth-order valence-corrected chi connectivity index (χ4v) is 3.50. The lowest BCUT2D eigenvalue weighted by Gasteiger charge is -2.17. The van der Waals surface area contributed by atoms with Crippen molar-refractivity contribution >= 4 is 21.8 Å². The molecule has 3 rings (SSSR count). The van der Waals surface area contributed by atoms with E-state index in [1.54, 1.807) is 31.2 Å². The first kappa shape index (κ1) is 18.0. The van der Waals surface area contributed by atoms with Crippen LogP contribution in [0, 0.1) is 0 Å². The van der Waals surface area contributed by atoms with Gasteiger partial charge in [-0.05, 0) is 28.8 Å². The number of aryl methyl sites for hydroxylation is 1. The molecule has 0 aliphatic heterocycles. The minimum absolute atomic E-state index is 0.0226. The Kier molecular flexibility index (Phi) is 4.65. The lowest BCUT2D eigenvalue weighted by molar-refractivity contribution is -0.142. The molecule has 0 spiro atoms. The van der Waals surface area contributed by atoms with Crippen molar-refractivity contribution in [1.29, 1.82) is 0 Å². The van der Waals surface area contributed by atoms with E-state index in [2.05, 4.69) is 26.1 Å². The van der Waals surface area contributed by atoms with E-state index in [1.165, 1.54) is 9.58 Å². The highest BCUT2D eigenvalue weighted by atomic mass is 79.9. The molecule has 2 heterocycles. The highest BCUT2D eigenvalue weighted by Crippen LogP contribution is 2.46. The summed E-state index contributed by atoms with van der Waals surface area (Å²) in [6.45, 7) is 0.108. The van der Waals surface area contributed by atoms with Crippen LogP contribution in [0.4, 0.5) is 13.2 Å². The average Bonchev–Trinajstić information content (AvgIpc) is 3.17. The second kappa shape index (κ2) is 6.47. The van der Waals surface area contributed by atoms with E-state index in [-0.39, 0.29) is 22.8 Å². The Morgan fingerprint density at radius 1 is 1.44 bits per heavy atom. The fourth-order valence-electron chi connectivity index (χ4n) is 2.67. The van der Waals surface area contributed by atoms with E-state index in [0.29, 0.717) is 12.2 Å². The van der Waals surface area contributed by atoms with E-state index in [4.69, 9.17) is 0 Å². The summed E-state index contributed by atoms with van der Waals surface area (Å²) in [5.74, 6) is -0.288. The maximum Gasteiger partial charge on any atom is 0.436 e. The predicted molar refractivity (Wildman–Crippen MR) is 86.6 cm³/mol. The molecule has 2 aromatic heterocycles. The van der Waals surface area contributed by atoms with E-state index < -0.39 is 11.9 Å². The van der Waals surface area contributed by atoms with Gasteiger partial charge >= 0.3 is 6.18 Å². The van der Waals surface area contributed by atoms with Gasteiger partial charge in [0, 0.05) is 38.3 Å². The number of rotatable bonds is 5. The van der Waals surface area contributed by atoms with Gasteiger partial charge in [0.2, 0.25) is 5.91 Å². The number of amides is 1. The summed E-state index contributed by atoms with van der Waals surface area (Å²) < 4.78 is 42.1. The van der Waals surface area contributed by atoms with Gasteiger partial charge in [-0.1, -0.05) is 0 Å². The zero-order chi connectivity index (χ0) is 18.4. The minimum atomic E-state index is -4.56. The minimum Gasteiger partial charge on any atom is -0.340 e. The maximum atomic E-state index is 13.1. The molecule has 6 nitrogen and oxygen atoms in total. The van der Waals surface area contributed by atoms with Gasteiger partial charge in [-0.2, -0.15) is 23.4 Å². The van der Waals surface area contributed by atoms with Crippen molar-refractivity contribution in [3.63, 3.8) is 0 Å². The molecule has 0 aromatic carbocycles. The van der Waals surface area contributed by atoms with Crippen molar-refractivity contribution in [3.8, 4) is 0 Å². The molecular weight excluding hydrogens is 403 g/mol. The van der Waals surface area contributed by atoms with Crippen molar-refractivity contribution in [2.45, 2.75) is 38.0 Å². The number of hydrogen-bond acceptors (Lipinski definition) is 3. The lowest BCUT2D eigenvalue weighted by atomic mass is 10.2. The van der Waals surface area contributed by atoms with Gasteiger partial charge in [0.05, 0.1) is 16.4 Å². The summed E-state index contributed by atoms with van der Waals surface area (Å²) in [4.78, 5) is 13.9. The zero-order valence-electron chi connectivity index (χ0n) is 13.7. The number of carbonyl (C=O) groups is 1. The molecule has 1 saturated carbocycles. The Bertz CT molecular complexity index is 794. The van der Waals surface area contributed by atoms with Crippen LogP contribution in [0.2, 0.25) is 0 Å². The van der Waals surface area contributed by atoms with Crippen LogP contribution in [0.3, 0.4) is 0 Å². The number of halogens is 4. The zero-order valence-corrected chi connectivity index (χ0v) is 15.3. The summed E-state index contributed by atoms with van der Waals surface area (Å²) in [5.41, 5.74) is 0.325. The summed E-state index contributed by atoms with van der Waals surface area (Å²) in [6.07, 6.45) is 0.484. The van der Waals surface area contributed by atoms with Crippen LogP contribution in [0.25, 0.3) is 0 Å². The third kappa shape index (κ3) is 3.88. The third-order valence-electron chi connectivity index (χ3n) is 4.05. The largest absolute Gasteiger partial charge is 0.436 e. The number of alkyl halides is 3. The normalized spacial score (nSPS) is 14.8. The highest BCUT2D eigenvalue weighted by Gasteiger charge is 2.42. The molecule has 1 aliphatic carbocycles. The molecule has 0 unspecified atom stereocenters. The number of likely N-dealkylation sites (N-methyl/N-ethyl adjacent to an activating group) is 1. The maximum absolute atomic E-state index is 13.1. The first-order valence-electron chi connectivity index (χ1n) is 7.71. The molecule has 0 atom stereocenters. The second-order valence-corrected chi connectivity index (χ2v) is 7.04. The lowest BCUT2D eigenvalue weighted by Crippen LogP contribution is -2.30. The molecule has 0 radical (unpaired) electrons. The van der Waals surface area contributed by atoms with E-state index in [1.807, 2.05) is 0 Å². The Labute approximate surface area is 150 Å². The molecule has 2 aromatic rings. The third-order valence-corrected chi connectivity index (χ3v) is 4.83. The van der Waals surface area contributed by atoms with Gasteiger partial charge in [0.1, 0.15) is 6.54 Å². The molecule has 1 amide bonds. The molecule has 0 N–H and O–H groups in total. The van der Waals surface area contributed by atoms with Crippen LogP contribution in [0.15, 0.2) is 16.9 Å². The standard InChI is InChI=1S/C15H17BrF3N5O/c1-22(6-9-5-20-23(2)7-9)11(25)8-24-13(10-3-4-10)12(16)14(21-24)15(17,18)19/h5,7,10H,3-4,6,8H2,1-2H3. The molecule has 1 aliphatic rings. The van der Waals surface area contributed by atoms with Gasteiger partial charge < -0.3 is 4.90 Å². The van der Waals surface area contributed by atoms with Crippen molar-refractivity contribution in [1.82, 2.24) is 24.5 Å². The molecule has 0 bridgehead atoms. The predicted octanol–water partition coefficient (Wildman–Crippen LogP) is 2.93. The Morgan fingerprint density at radius 3 is 2.64 bits per heavy atom.